The Morgan fingerprint density at radius 1 is 1.27 bits per heavy atom. The number of carbonyl (C=O) groups excluding carboxylic acids is 2. The predicted octanol–water partition coefficient (Wildman–Crippen LogP) is 4.14. The maximum atomic E-state index is 12.4. The van der Waals surface area contributed by atoms with Gasteiger partial charge in [-0.15, -0.1) is 0 Å². The Kier molecular flexibility index (Phi) is 7.57. The van der Waals surface area contributed by atoms with Crippen LogP contribution in [0.1, 0.15) is 63.6 Å². The monoisotopic (exact) mass is 456 g/mol. The first kappa shape index (κ1) is 25.3. The molecular weight excluding hydrogens is 416 g/mol. The maximum absolute atomic E-state index is 12.4. The molecule has 6 nitrogen and oxygen atoms in total. The quantitative estimate of drug-likeness (QED) is 0.533. The van der Waals surface area contributed by atoms with Crippen molar-refractivity contribution in [3.63, 3.8) is 0 Å². The van der Waals surface area contributed by atoms with Crippen LogP contribution >= 0.6 is 0 Å². The zero-order valence-electron chi connectivity index (χ0n) is 21.3. The number of methoxy groups -OCH3 is 1. The third kappa shape index (κ3) is 5.78. The molecule has 3 atom stereocenters. The van der Waals surface area contributed by atoms with Crippen molar-refractivity contribution in [1.29, 1.82) is 0 Å². The van der Waals surface area contributed by atoms with Crippen molar-refractivity contribution in [3.8, 4) is 5.75 Å². The Morgan fingerprint density at radius 3 is 2.64 bits per heavy atom. The average molecular weight is 457 g/mol. The number of amides is 1. The van der Waals surface area contributed by atoms with E-state index in [1.807, 2.05) is 26.8 Å². The van der Waals surface area contributed by atoms with E-state index in [9.17, 15) is 9.59 Å². The molecule has 0 radical (unpaired) electrons. The minimum atomic E-state index is -0.395. The van der Waals surface area contributed by atoms with Gasteiger partial charge in [0.05, 0.1) is 7.11 Å². The molecule has 0 saturated heterocycles. The van der Waals surface area contributed by atoms with Gasteiger partial charge in [-0.3, -0.25) is 9.59 Å². The number of fused-ring (bicyclic) bond motifs is 2. The van der Waals surface area contributed by atoms with Crippen molar-refractivity contribution in [2.45, 2.75) is 71.9 Å². The molecule has 2 aliphatic rings. The Morgan fingerprint density at radius 2 is 2.00 bits per heavy atom. The number of esters is 1. The topological polar surface area (TPSA) is 67.9 Å². The molecule has 182 valence electrons. The summed E-state index contributed by atoms with van der Waals surface area (Å²) >= 11 is 0. The molecule has 6 heteroatoms. The smallest absolute Gasteiger partial charge is 0.325 e. The lowest BCUT2D eigenvalue weighted by Gasteiger charge is -2.43. The molecule has 3 rings (SSSR count). The maximum Gasteiger partial charge on any atom is 0.325 e. The van der Waals surface area contributed by atoms with Gasteiger partial charge in [-0.05, 0) is 73.5 Å². The van der Waals surface area contributed by atoms with Crippen LogP contribution < -0.4 is 10.1 Å². The molecule has 0 bridgehead atoms. The van der Waals surface area contributed by atoms with E-state index in [0.29, 0.717) is 6.42 Å². The van der Waals surface area contributed by atoms with Crippen molar-refractivity contribution < 1.29 is 19.1 Å². The van der Waals surface area contributed by atoms with E-state index < -0.39 is 5.97 Å². The van der Waals surface area contributed by atoms with Gasteiger partial charge in [-0.1, -0.05) is 39.8 Å². The van der Waals surface area contributed by atoms with Crippen molar-refractivity contribution in [2.75, 3.05) is 27.2 Å². The minimum Gasteiger partial charge on any atom is -0.496 e. The molecule has 1 aromatic carbocycles. The Labute approximate surface area is 198 Å². The van der Waals surface area contributed by atoms with Crippen molar-refractivity contribution in [2.24, 2.45) is 11.3 Å². The highest BCUT2D eigenvalue weighted by Crippen LogP contribution is 2.48. The van der Waals surface area contributed by atoms with Gasteiger partial charge in [-0.25, -0.2) is 0 Å². The van der Waals surface area contributed by atoms with Crippen molar-refractivity contribution >= 4 is 11.9 Å². The van der Waals surface area contributed by atoms with Gasteiger partial charge in [0.1, 0.15) is 18.4 Å². The number of nitrogens with one attached hydrogen (secondary N) is 1. The summed E-state index contributed by atoms with van der Waals surface area (Å²) in [5, 5.41) is 2.69. The molecule has 1 aliphatic carbocycles. The molecule has 1 aliphatic heterocycles. The summed E-state index contributed by atoms with van der Waals surface area (Å²) in [6.45, 7) is 12.2. The number of nitrogens with zero attached hydrogens (tertiary/aromatic N) is 1. The fourth-order valence-electron chi connectivity index (χ4n) is 5.37. The Balaban J connectivity index is 1.76. The average Bonchev–Trinajstić information content (AvgIpc) is 2.86. The van der Waals surface area contributed by atoms with Gasteiger partial charge in [0.2, 0.25) is 5.91 Å². The van der Waals surface area contributed by atoms with Gasteiger partial charge in [0.15, 0.2) is 0 Å². The van der Waals surface area contributed by atoms with Gasteiger partial charge in [0, 0.05) is 18.4 Å². The van der Waals surface area contributed by atoms with Gasteiger partial charge >= 0.3 is 5.97 Å². The standard InChI is InChI=1S/C27H40N2O4/c1-18-14-21(33-24(31)16-28-23(30)15-26(3,4)5)10-11-27(18)12-13-29(6)17-20-8-9-22(32-7)19(2)25(20)27/h8-11,18,21H,12-17H2,1-7H3,(H,28,30). The van der Waals surface area contributed by atoms with Crippen LogP contribution in [0.25, 0.3) is 0 Å². The van der Waals surface area contributed by atoms with Gasteiger partial charge in [0.25, 0.3) is 0 Å². The molecule has 33 heavy (non-hydrogen) atoms. The van der Waals surface area contributed by atoms with Crippen LogP contribution in [-0.4, -0.2) is 50.1 Å². The minimum absolute atomic E-state index is 0.0945. The molecule has 1 N–H and O–H groups in total. The normalized spacial score (nSPS) is 25.3. The van der Waals surface area contributed by atoms with E-state index in [2.05, 4.69) is 49.3 Å². The summed E-state index contributed by atoms with van der Waals surface area (Å²) in [5.74, 6) is 0.674. The molecule has 1 spiro atoms. The van der Waals surface area contributed by atoms with E-state index in [1.165, 1.54) is 16.7 Å². The van der Waals surface area contributed by atoms with Crippen LogP contribution in [0.2, 0.25) is 0 Å². The molecule has 0 fully saturated rings. The fraction of sp³-hybridized carbons (Fsp3) is 0.630. The molecular formula is C27H40N2O4. The summed E-state index contributed by atoms with van der Waals surface area (Å²) in [6.07, 6.45) is 6.15. The second-order valence-electron chi connectivity index (χ2n) is 11.0. The van der Waals surface area contributed by atoms with Gasteiger partial charge in [-0.2, -0.15) is 0 Å². The molecule has 0 saturated carbocycles. The predicted molar refractivity (Wildman–Crippen MR) is 130 cm³/mol. The lowest BCUT2D eigenvalue weighted by Crippen LogP contribution is -2.41. The molecule has 1 amide bonds. The van der Waals surface area contributed by atoms with E-state index in [0.717, 1.165) is 31.7 Å². The molecule has 1 aromatic rings. The summed E-state index contributed by atoms with van der Waals surface area (Å²) < 4.78 is 11.4. The number of hydrogen-bond acceptors (Lipinski definition) is 5. The zero-order valence-corrected chi connectivity index (χ0v) is 21.3. The third-order valence-electron chi connectivity index (χ3n) is 7.01. The highest BCUT2D eigenvalue weighted by atomic mass is 16.5. The van der Waals surface area contributed by atoms with Crippen LogP contribution in [0.5, 0.6) is 5.75 Å². The fourth-order valence-corrected chi connectivity index (χ4v) is 5.37. The second-order valence-corrected chi connectivity index (χ2v) is 11.0. The highest BCUT2D eigenvalue weighted by molar-refractivity contribution is 5.82. The van der Waals surface area contributed by atoms with Crippen molar-refractivity contribution in [3.05, 3.63) is 41.0 Å². The Bertz CT molecular complexity index is 917. The highest BCUT2D eigenvalue weighted by Gasteiger charge is 2.44. The summed E-state index contributed by atoms with van der Waals surface area (Å²) in [4.78, 5) is 26.8. The van der Waals surface area contributed by atoms with E-state index >= 15 is 0 Å². The number of allylic oxidation sites excluding steroid dienone is 1. The number of ether oxygens (including phenoxy) is 2. The van der Waals surface area contributed by atoms with Crippen LogP contribution in [-0.2, 0) is 26.3 Å². The summed E-state index contributed by atoms with van der Waals surface area (Å²) in [5.41, 5.74) is 3.64. The molecule has 3 unspecified atom stereocenters. The van der Waals surface area contributed by atoms with E-state index in [1.54, 1.807) is 7.11 Å². The first-order valence-corrected chi connectivity index (χ1v) is 12.0. The van der Waals surface area contributed by atoms with Crippen molar-refractivity contribution in [1.82, 2.24) is 10.2 Å². The van der Waals surface area contributed by atoms with Crippen LogP contribution in [0.3, 0.4) is 0 Å². The lowest BCUT2D eigenvalue weighted by atomic mass is 9.62. The SMILES string of the molecule is COc1ccc2c(c1C)C1(C=CC(OC(=O)CNC(=O)CC(C)(C)C)CC1C)CCN(C)C2. The molecule has 0 aromatic heterocycles. The zero-order chi connectivity index (χ0) is 24.4. The Hall–Kier alpha value is -2.34. The first-order chi connectivity index (χ1) is 15.4. The van der Waals surface area contributed by atoms with Gasteiger partial charge < -0.3 is 19.7 Å². The number of carbonyl (C=O) groups is 2. The molecule has 1 heterocycles. The van der Waals surface area contributed by atoms with Crippen LogP contribution in [0, 0.1) is 18.3 Å². The first-order valence-electron chi connectivity index (χ1n) is 12.0. The van der Waals surface area contributed by atoms with Crippen LogP contribution in [0.4, 0.5) is 0 Å². The third-order valence-corrected chi connectivity index (χ3v) is 7.01. The second kappa shape index (κ2) is 9.88. The summed E-state index contributed by atoms with van der Waals surface area (Å²) in [7, 11) is 3.89. The number of rotatable bonds is 5. The largest absolute Gasteiger partial charge is 0.496 e. The number of hydrogen-bond donors (Lipinski definition) is 1. The van der Waals surface area contributed by atoms with E-state index in [4.69, 9.17) is 9.47 Å². The lowest BCUT2D eigenvalue weighted by molar-refractivity contribution is -0.148. The van der Waals surface area contributed by atoms with E-state index in [-0.39, 0.29) is 35.3 Å². The number of benzene rings is 1. The summed E-state index contributed by atoms with van der Waals surface area (Å²) in [6, 6.07) is 4.26. The van der Waals surface area contributed by atoms with Crippen LogP contribution in [0.15, 0.2) is 24.3 Å².